The van der Waals surface area contributed by atoms with Crippen molar-refractivity contribution >= 4 is 16.8 Å². The minimum absolute atomic E-state index is 0.357. The second kappa shape index (κ2) is 9.17. The highest BCUT2D eigenvalue weighted by molar-refractivity contribution is 5.82. The van der Waals surface area contributed by atoms with Gasteiger partial charge in [0, 0.05) is 5.39 Å². The molecule has 2 atom stereocenters. The van der Waals surface area contributed by atoms with Gasteiger partial charge in [0.25, 0.3) is 0 Å². The fraction of sp³-hybridized carbons (Fsp3) is 0.200. The molecule has 0 spiro atoms. The summed E-state index contributed by atoms with van der Waals surface area (Å²) in [5.41, 5.74) is 2.93. The van der Waals surface area contributed by atoms with Crippen LogP contribution in [0.3, 0.4) is 0 Å². The first-order chi connectivity index (χ1) is 16.1. The average Bonchev–Trinajstić information content (AvgIpc) is 3.20. The van der Waals surface area contributed by atoms with Gasteiger partial charge in [0.1, 0.15) is 17.7 Å². The summed E-state index contributed by atoms with van der Waals surface area (Å²) < 4.78 is 59.5. The van der Waals surface area contributed by atoms with Crippen molar-refractivity contribution in [2.75, 3.05) is 0 Å². The topological polar surface area (TPSA) is 56.1 Å². The molecular weight excluding hydrogens is 450 g/mol. The maximum atomic E-state index is 13.3. The Bertz CT molecular complexity index is 1320. The number of ether oxygens (including phenoxy) is 1. The van der Waals surface area contributed by atoms with Gasteiger partial charge in [0.2, 0.25) is 0 Å². The molecule has 1 heterocycles. The van der Waals surface area contributed by atoms with Crippen LogP contribution in [0.5, 0.6) is 5.75 Å². The minimum atomic E-state index is -5.00. The molecule has 176 valence electrons. The molecule has 4 aromatic rings. The third kappa shape index (κ3) is 5.03. The Hall–Kier alpha value is -3.88. The van der Waals surface area contributed by atoms with Gasteiger partial charge in [-0.3, -0.25) is 4.79 Å². The number of nitrogens with one attached hydrogen (secondary N) is 1. The van der Waals surface area contributed by atoms with Gasteiger partial charge in [-0.1, -0.05) is 29.8 Å². The lowest BCUT2D eigenvalue weighted by atomic mass is 10.0. The zero-order chi connectivity index (χ0) is 24.5. The summed E-state index contributed by atoms with van der Waals surface area (Å²) in [7, 11) is 0. The van der Waals surface area contributed by atoms with E-state index < -0.39 is 24.2 Å². The normalized spacial score (nSPS) is 13.5. The zero-order valence-corrected chi connectivity index (χ0v) is 18.3. The number of amides is 1. The van der Waals surface area contributed by atoms with Crippen LogP contribution in [0.15, 0.2) is 72.9 Å². The lowest BCUT2D eigenvalue weighted by Crippen LogP contribution is -2.45. The van der Waals surface area contributed by atoms with Crippen molar-refractivity contribution in [2.45, 2.75) is 32.2 Å². The molecule has 0 bridgehead atoms. The summed E-state index contributed by atoms with van der Waals surface area (Å²) in [6, 6.07) is 17.2. The number of hydrogen-bond donors (Lipinski definition) is 1. The molecule has 1 aromatic heterocycles. The smallest absolute Gasteiger partial charge is 0.471 e. The minimum Gasteiger partial charge on any atom is -0.484 e. The number of aromatic nitrogens is 2. The predicted octanol–water partition coefficient (Wildman–Crippen LogP) is 5.66. The van der Waals surface area contributed by atoms with Crippen molar-refractivity contribution < 1.29 is 27.1 Å². The molecule has 1 amide bonds. The number of fused-ring (bicyclic) bond motifs is 1. The second-order valence-electron chi connectivity index (χ2n) is 7.97. The molecule has 2 unspecified atom stereocenters. The monoisotopic (exact) mass is 471 g/mol. The molecule has 0 saturated carbocycles. The van der Waals surface area contributed by atoms with Crippen LogP contribution in [0, 0.1) is 12.7 Å². The first kappa shape index (κ1) is 23.3. The van der Waals surface area contributed by atoms with Crippen molar-refractivity contribution in [1.29, 1.82) is 0 Å². The number of carbonyl (C=O) groups is 1. The van der Waals surface area contributed by atoms with Crippen molar-refractivity contribution in [2.24, 2.45) is 0 Å². The first-order valence-electron chi connectivity index (χ1n) is 10.5. The Morgan fingerprint density at radius 2 is 1.79 bits per heavy atom. The van der Waals surface area contributed by atoms with Gasteiger partial charge in [-0.25, -0.2) is 9.07 Å². The number of carbonyl (C=O) groups excluding carboxylic acids is 1. The summed E-state index contributed by atoms with van der Waals surface area (Å²) in [6.45, 7) is 3.32. The number of benzene rings is 3. The molecule has 0 fully saturated rings. The molecule has 0 aliphatic carbocycles. The van der Waals surface area contributed by atoms with E-state index in [1.807, 2.05) is 18.3 Å². The lowest BCUT2D eigenvalue weighted by molar-refractivity contribution is -0.174. The number of halogens is 4. The van der Waals surface area contributed by atoms with Crippen LogP contribution in [0.1, 0.15) is 24.2 Å². The van der Waals surface area contributed by atoms with Gasteiger partial charge in [-0.2, -0.15) is 18.3 Å². The molecular formula is C25H21F4N3O2. The summed E-state index contributed by atoms with van der Waals surface area (Å²) in [5.74, 6) is -1.99. The maximum Gasteiger partial charge on any atom is 0.471 e. The molecule has 9 heteroatoms. The van der Waals surface area contributed by atoms with Crippen LogP contribution in [-0.4, -0.2) is 27.9 Å². The molecule has 0 radical (unpaired) electrons. The van der Waals surface area contributed by atoms with Gasteiger partial charge in [0.05, 0.1) is 23.4 Å². The standard InChI is InChI=1S/C25H21F4N3O2/c1-15-4-3-5-17(12-15)23(16(2)31-24(33)25(27,28)29)34-21-10-11-22-18(13-21)14-30-32(22)20-8-6-19(26)7-9-20/h3-14,16,23H,1-2H3,(H,31,33). The van der Waals surface area contributed by atoms with E-state index >= 15 is 0 Å². The Balaban J connectivity index is 1.64. The summed E-state index contributed by atoms with van der Waals surface area (Å²) >= 11 is 0. The first-order valence-corrected chi connectivity index (χ1v) is 10.5. The fourth-order valence-electron chi connectivity index (χ4n) is 3.69. The van der Waals surface area contributed by atoms with E-state index in [2.05, 4.69) is 5.10 Å². The maximum absolute atomic E-state index is 13.3. The van der Waals surface area contributed by atoms with E-state index in [1.165, 1.54) is 19.1 Å². The molecule has 0 aliphatic rings. The van der Waals surface area contributed by atoms with Crippen LogP contribution < -0.4 is 10.1 Å². The highest BCUT2D eigenvalue weighted by Gasteiger charge is 2.40. The number of alkyl halides is 3. The van der Waals surface area contributed by atoms with Crippen LogP contribution in [0.4, 0.5) is 17.6 Å². The Kier molecular flexibility index (Phi) is 6.28. The Morgan fingerprint density at radius 3 is 2.47 bits per heavy atom. The van der Waals surface area contributed by atoms with Crippen molar-refractivity contribution in [3.8, 4) is 11.4 Å². The highest BCUT2D eigenvalue weighted by atomic mass is 19.4. The largest absolute Gasteiger partial charge is 0.484 e. The van der Waals surface area contributed by atoms with E-state index in [4.69, 9.17) is 4.74 Å². The molecule has 34 heavy (non-hydrogen) atoms. The molecule has 4 rings (SSSR count). The molecule has 0 aliphatic heterocycles. The highest BCUT2D eigenvalue weighted by Crippen LogP contribution is 2.30. The number of nitrogens with zero attached hydrogens (tertiary/aromatic N) is 2. The van der Waals surface area contributed by atoms with Gasteiger partial charge < -0.3 is 10.1 Å². The lowest BCUT2D eigenvalue weighted by Gasteiger charge is -2.27. The Morgan fingerprint density at radius 1 is 1.06 bits per heavy atom. The van der Waals surface area contributed by atoms with Gasteiger partial charge in [0.15, 0.2) is 0 Å². The van der Waals surface area contributed by atoms with Gasteiger partial charge in [-0.15, -0.1) is 0 Å². The summed E-state index contributed by atoms with van der Waals surface area (Å²) in [6.07, 6.45) is -4.27. The van der Waals surface area contributed by atoms with Crippen LogP contribution in [0.2, 0.25) is 0 Å². The van der Waals surface area contributed by atoms with E-state index in [9.17, 15) is 22.4 Å². The van der Waals surface area contributed by atoms with E-state index in [1.54, 1.807) is 59.4 Å². The summed E-state index contributed by atoms with van der Waals surface area (Å²) in [5, 5.41) is 7.05. The molecule has 3 aromatic carbocycles. The molecule has 5 nitrogen and oxygen atoms in total. The number of hydrogen-bond acceptors (Lipinski definition) is 3. The molecule has 0 saturated heterocycles. The van der Waals surface area contributed by atoms with Gasteiger partial charge >= 0.3 is 12.1 Å². The van der Waals surface area contributed by atoms with Crippen LogP contribution >= 0.6 is 0 Å². The predicted molar refractivity (Wildman–Crippen MR) is 119 cm³/mol. The van der Waals surface area contributed by atoms with E-state index in [0.717, 1.165) is 16.5 Å². The number of aryl methyl sites for hydroxylation is 1. The van der Waals surface area contributed by atoms with Crippen molar-refractivity contribution in [3.05, 3.63) is 89.9 Å². The molecule has 1 N–H and O–H groups in total. The zero-order valence-electron chi connectivity index (χ0n) is 18.3. The van der Waals surface area contributed by atoms with Gasteiger partial charge in [-0.05, 0) is 61.9 Å². The fourth-order valence-corrected chi connectivity index (χ4v) is 3.69. The second-order valence-corrected chi connectivity index (χ2v) is 7.97. The van der Waals surface area contributed by atoms with Crippen LogP contribution in [0.25, 0.3) is 16.6 Å². The third-order valence-corrected chi connectivity index (χ3v) is 5.31. The van der Waals surface area contributed by atoms with E-state index in [0.29, 0.717) is 17.0 Å². The van der Waals surface area contributed by atoms with Crippen molar-refractivity contribution in [1.82, 2.24) is 15.1 Å². The Labute approximate surface area is 193 Å². The number of rotatable bonds is 6. The SMILES string of the molecule is Cc1cccc(C(Oc2ccc3c(cnn3-c3ccc(F)cc3)c2)C(C)NC(=O)C(F)(F)F)c1. The summed E-state index contributed by atoms with van der Waals surface area (Å²) in [4.78, 5) is 11.5. The van der Waals surface area contributed by atoms with Crippen LogP contribution in [-0.2, 0) is 4.79 Å². The quantitative estimate of drug-likeness (QED) is 0.369. The average molecular weight is 471 g/mol. The third-order valence-electron chi connectivity index (χ3n) is 5.31. The van der Waals surface area contributed by atoms with E-state index in [-0.39, 0.29) is 5.82 Å². The van der Waals surface area contributed by atoms with Crippen molar-refractivity contribution in [3.63, 3.8) is 0 Å².